The molecule has 84 valence electrons. The van der Waals surface area contributed by atoms with Gasteiger partial charge in [0.15, 0.2) is 17.3 Å². The highest BCUT2D eigenvalue weighted by atomic mass is 19.1. The lowest BCUT2D eigenvalue weighted by Gasteiger charge is -2.12. The van der Waals surface area contributed by atoms with Crippen molar-refractivity contribution in [3.8, 4) is 11.5 Å². The fourth-order valence-electron chi connectivity index (χ4n) is 1.36. The van der Waals surface area contributed by atoms with E-state index in [1.165, 1.54) is 20.3 Å². The van der Waals surface area contributed by atoms with Gasteiger partial charge in [0.05, 0.1) is 20.8 Å². The minimum atomic E-state index is -0.452. The Hall–Kier alpha value is -1.33. The molecule has 1 aromatic rings. The number of methoxy groups -OCH3 is 2. The Morgan fingerprint density at radius 1 is 1.20 bits per heavy atom. The van der Waals surface area contributed by atoms with Crippen LogP contribution < -0.4 is 15.4 Å². The van der Waals surface area contributed by atoms with Crippen LogP contribution >= 0.6 is 0 Å². The SMILES string of the molecule is COc1c(F)ccc(CCON)c1OC. The first-order valence-electron chi connectivity index (χ1n) is 4.45. The van der Waals surface area contributed by atoms with Gasteiger partial charge in [0, 0.05) is 12.0 Å². The van der Waals surface area contributed by atoms with Gasteiger partial charge < -0.3 is 14.3 Å². The molecule has 0 radical (unpaired) electrons. The van der Waals surface area contributed by atoms with E-state index in [0.29, 0.717) is 18.8 Å². The molecule has 1 rings (SSSR count). The number of halogens is 1. The van der Waals surface area contributed by atoms with Crippen molar-refractivity contribution in [2.24, 2.45) is 5.90 Å². The monoisotopic (exact) mass is 215 g/mol. The number of benzene rings is 1. The third-order valence-electron chi connectivity index (χ3n) is 2.04. The zero-order valence-corrected chi connectivity index (χ0v) is 8.75. The summed E-state index contributed by atoms with van der Waals surface area (Å²) >= 11 is 0. The summed E-state index contributed by atoms with van der Waals surface area (Å²) in [5.74, 6) is 4.96. The van der Waals surface area contributed by atoms with Gasteiger partial charge in [-0.05, 0) is 6.07 Å². The highest BCUT2D eigenvalue weighted by Gasteiger charge is 2.14. The van der Waals surface area contributed by atoms with Crippen LogP contribution in [-0.2, 0) is 11.3 Å². The Morgan fingerprint density at radius 2 is 1.87 bits per heavy atom. The van der Waals surface area contributed by atoms with E-state index in [2.05, 4.69) is 4.84 Å². The van der Waals surface area contributed by atoms with Crippen LogP contribution in [0, 0.1) is 5.82 Å². The topological polar surface area (TPSA) is 53.7 Å². The van der Waals surface area contributed by atoms with Crippen LogP contribution in [0.1, 0.15) is 5.56 Å². The summed E-state index contributed by atoms with van der Waals surface area (Å²) in [6, 6.07) is 2.95. The van der Waals surface area contributed by atoms with Gasteiger partial charge in [0.25, 0.3) is 0 Å². The van der Waals surface area contributed by atoms with E-state index in [9.17, 15) is 4.39 Å². The Morgan fingerprint density at radius 3 is 2.40 bits per heavy atom. The molecule has 0 aromatic heterocycles. The minimum Gasteiger partial charge on any atom is -0.492 e. The van der Waals surface area contributed by atoms with Crippen molar-refractivity contribution >= 4 is 0 Å². The lowest BCUT2D eigenvalue weighted by molar-refractivity contribution is 0.140. The van der Waals surface area contributed by atoms with Crippen molar-refractivity contribution in [2.75, 3.05) is 20.8 Å². The molecule has 0 saturated carbocycles. The second kappa shape index (κ2) is 5.53. The Balaban J connectivity index is 3.05. The quantitative estimate of drug-likeness (QED) is 0.752. The number of nitrogens with two attached hydrogens (primary N) is 1. The van der Waals surface area contributed by atoms with E-state index in [1.54, 1.807) is 6.07 Å². The summed E-state index contributed by atoms with van der Waals surface area (Å²) in [5.41, 5.74) is 0.793. The third-order valence-corrected chi connectivity index (χ3v) is 2.04. The van der Waals surface area contributed by atoms with Gasteiger partial charge in [-0.2, -0.15) is 0 Å². The highest BCUT2D eigenvalue weighted by molar-refractivity contribution is 5.47. The predicted octanol–water partition coefficient (Wildman–Crippen LogP) is 1.28. The van der Waals surface area contributed by atoms with Gasteiger partial charge in [-0.15, -0.1) is 0 Å². The van der Waals surface area contributed by atoms with Crippen molar-refractivity contribution in [2.45, 2.75) is 6.42 Å². The fraction of sp³-hybridized carbons (Fsp3) is 0.400. The molecule has 0 fully saturated rings. The van der Waals surface area contributed by atoms with Gasteiger partial charge in [-0.25, -0.2) is 10.3 Å². The van der Waals surface area contributed by atoms with Crippen LogP contribution in [0.4, 0.5) is 4.39 Å². The molecule has 0 aliphatic heterocycles. The molecule has 0 amide bonds. The number of hydrogen-bond donors (Lipinski definition) is 1. The summed E-state index contributed by atoms with van der Waals surface area (Å²) in [6.45, 7) is 0.338. The maximum atomic E-state index is 13.3. The van der Waals surface area contributed by atoms with Gasteiger partial charge in [-0.3, -0.25) is 0 Å². The molecule has 5 heteroatoms. The van der Waals surface area contributed by atoms with Crippen LogP contribution in [0.15, 0.2) is 12.1 Å². The van der Waals surface area contributed by atoms with Gasteiger partial charge in [0.2, 0.25) is 0 Å². The van der Waals surface area contributed by atoms with Crippen molar-refractivity contribution in [1.29, 1.82) is 0 Å². The fourth-order valence-corrected chi connectivity index (χ4v) is 1.36. The molecule has 2 N–H and O–H groups in total. The van der Waals surface area contributed by atoms with Gasteiger partial charge >= 0.3 is 0 Å². The minimum absolute atomic E-state index is 0.104. The molecular weight excluding hydrogens is 201 g/mol. The molecular formula is C10H14FNO3. The highest BCUT2D eigenvalue weighted by Crippen LogP contribution is 2.33. The average molecular weight is 215 g/mol. The van der Waals surface area contributed by atoms with Crippen LogP contribution in [-0.4, -0.2) is 20.8 Å². The number of hydrogen-bond acceptors (Lipinski definition) is 4. The number of ether oxygens (including phenoxy) is 2. The molecule has 0 atom stereocenters. The first-order valence-corrected chi connectivity index (χ1v) is 4.45. The lowest BCUT2D eigenvalue weighted by Crippen LogP contribution is -2.06. The summed E-state index contributed by atoms with van der Waals surface area (Å²) in [4.78, 5) is 4.46. The van der Waals surface area contributed by atoms with Gasteiger partial charge in [0.1, 0.15) is 0 Å². The van der Waals surface area contributed by atoms with Crippen molar-refractivity contribution < 1.29 is 18.7 Å². The molecule has 0 heterocycles. The van der Waals surface area contributed by atoms with Crippen molar-refractivity contribution in [1.82, 2.24) is 0 Å². The summed E-state index contributed by atoms with van der Waals surface area (Å²) in [6.07, 6.45) is 0.538. The molecule has 0 saturated heterocycles. The molecule has 0 bridgehead atoms. The predicted molar refractivity (Wildman–Crippen MR) is 53.3 cm³/mol. The average Bonchev–Trinajstić information content (AvgIpc) is 2.26. The zero-order chi connectivity index (χ0) is 11.3. The molecule has 4 nitrogen and oxygen atoms in total. The molecule has 15 heavy (non-hydrogen) atoms. The molecule has 0 unspecified atom stereocenters. The van der Waals surface area contributed by atoms with E-state index in [0.717, 1.165) is 5.56 Å². The van der Waals surface area contributed by atoms with Crippen LogP contribution in [0.5, 0.6) is 11.5 Å². The summed E-state index contributed by atoms with van der Waals surface area (Å²) in [5, 5.41) is 0. The van der Waals surface area contributed by atoms with E-state index in [1.807, 2.05) is 0 Å². The van der Waals surface area contributed by atoms with E-state index in [4.69, 9.17) is 15.4 Å². The smallest absolute Gasteiger partial charge is 0.197 e. The Kier molecular flexibility index (Phi) is 4.33. The second-order valence-corrected chi connectivity index (χ2v) is 2.89. The zero-order valence-electron chi connectivity index (χ0n) is 8.75. The van der Waals surface area contributed by atoms with E-state index >= 15 is 0 Å². The summed E-state index contributed by atoms with van der Waals surface area (Å²) < 4.78 is 23.3. The maximum Gasteiger partial charge on any atom is 0.197 e. The summed E-state index contributed by atoms with van der Waals surface area (Å²) in [7, 11) is 2.86. The first-order chi connectivity index (χ1) is 7.24. The van der Waals surface area contributed by atoms with Gasteiger partial charge in [-0.1, -0.05) is 6.07 Å². The number of rotatable bonds is 5. The van der Waals surface area contributed by atoms with Crippen molar-refractivity contribution in [3.05, 3.63) is 23.5 Å². The van der Waals surface area contributed by atoms with Crippen LogP contribution in [0.3, 0.4) is 0 Å². The van der Waals surface area contributed by atoms with Crippen LogP contribution in [0.25, 0.3) is 0 Å². The molecule has 1 aromatic carbocycles. The first kappa shape index (κ1) is 11.7. The largest absolute Gasteiger partial charge is 0.492 e. The normalized spacial score (nSPS) is 10.1. The van der Waals surface area contributed by atoms with Crippen LogP contribution in [0.2, 0.25) is 0 Å². The standard InChI is InChI=1S/C10H14FNO3/c1-13-9-7(5-6-15-12)3-4-8(11)10(9)14-2/h3-4H,5-6,12H2,1-2H3. The second-order valence-electron chi connectivity index (χ2n) is 2.89. The Labute approximate surface area is 87.7 Å². The molecule has 0 spiro atoms. The van der Waals surface area contributed by atoms with E-state index in [-0.39, 0.29) is 5.75 Å². The molecule has 0 aliphatic rings. The maximum absolute atomic E-state index is 13.3. The van der Waals surface area contributed by atoms with Crippen molar-refractivity contribution in [3.63, 3.8) is 0 Å². The lowest BCUT2D eigenvalue weighted by atomic mass is 10.1. The third kappa shape index (κ3) is 2.57. The van der Waals surface area contributed by atoms with E-state index < -0.39 is 5.82 Å². The Bertz CT molecular complexity index is 331. The molecule has 0 aliphatic carbocycles.